The van der Waals surface area contributed by atoms with E-state index in [0.29, 0.717) is 12.8 Å². The topological polar surface area (TPSA) is 84.9 Å². The van der Waals surface area contributed by atoms with Gasteiger partial charge in [-0.1, -0.05) is 74.5 Å². The summed E-state index contributed by atoms with van der Waals surface area (Å²) in [6.07, 6.45) is 1.11. The number of hydrogen-bond donors (Lipinski definition) is 1. The minimum atomic E-state index is -0.520. The van der Waals surface area contributed by atoms with Gasteiger partial charge in [-0.2, -0.15) is 0 Å². The predicted molar refractivity (Wildman–Crippen MR) is 116 cm³/mol. The van der Waals surface area contributed by atoms with E-state index in [1.807, 2.05) is 74.5 Å². The largest absolute Gasteiger partial charge is 0.460 e. The highest BCUT2D eigenvalue weighted by molar-refractivity contribution is 5.83. The maximum atomic E-state index is 12.7. The zero-order chi connectivity index (χ0) is 22.5. The zero-order valence-corrected chi connectivity index (χ0v) is 18.0. The van der Waals surface area contributed by atoms with E-state index in [0.717, 1.165) is 16.2 Å². The highest BCUT2D eigenvalue weighted by Gasteiger charge is 2.23. The van der Waals surface area contributed by atoms with Gasteiger partial charge in [0.2, 0.25) is 12.3 Å². The summed E-state index contributed by atoms with van der Waals surface area (Å²) in [6.45, 7) is 4.22. The Bertz CT molecular complexity index is 811. The molecule has 1 atom stereocenters. The maximum absolute atomic E-state index is 12.7. The summed E-state index contributed by atoms with van der Waals surface area (Å²) >= 11 is 0. The third-order valence-electron chi connectivity index (χ3n) is 4.53. The number of rotatable bonds is 13. The Balaban J connectivity index is 1.83. The molecule has 0 spiro atoms. The van der Waals surface area contributed by atoms with Crippen molar-refractivity contribution in [2.75, 3.05) is 13.1 Å². The van der Waals surface area contributed by atoms with Crippen LogP contribution in [0.2, 0.25) is 0 Å². The normalized spacial score (nSPS) is 11.6. The van der Waals surface area contributed by atoms with Gasteiger partial charge in [-0.05, 0) is 23.5 Å². The Morgan fingerprint density at radius 2 is 1.55 bits per heavy atom. The van der Waals surface area contributed by atoms with E-state index in [9.17, 15) is 14.4 Å². The molecular weight excluding hydrogens is 396 g/mol. The third kappa shape index (κ3) is 9.44. The van der Waals surface area contributed by atoms with Crippen molar-refractivity contribution in [1.29, 1.82) is 0 Å². The van der Waals surface area contributed by atoms with E-state index in [4.69, 9.17) is 9.57 Å². The first-order valence-corrected chi connectivity index (χ1v) is 10.3. The molecule has 7 nitrogen and oxygen atoms in total. The Kier molecular flexibility index (Phi) is 10.2. The summed E-state index contributed by atoms with van der Waals surface area (Å²) in [6, 6.07) is 18.8. The van der Waals surface area contributed by atoms with Gasteiger partial charge in [0, 0.05) is 0 Å². The number of hydrogen-bond acceptors (Lipinski definition) is 5. The molecule has 2 rings (SSSR count). The van der Waals surface area contributed by atoms with Gasteiger partial charge in [0.25, 0.3) is 0 Å². The number of esters is 1. The lowest BCUT2D eigenvalue weighted by atomic mass is 9.96. The molecule has 2 aromatic carbocycles. The van der Waals surface area contributed by atoms with Gasteiger partial charge in [0.05, 0.1) is 12.5 Å². The zero-order valence-electron chi connectivity index (χ0n) is 18.0. The molecule has 0 saturated heterocycles. The highest BCUT2D eigenvalue weighted by Crippen LogP contribution is 2.14. The Morgan fingerprint density at radius 1 is 0.968 bits per heavy atom. The number of amides is 2. The Hall–Kier alpha value is -3.19. The number of nitrogens with zero attached hydrogens (tertiary/aromatic N) is 1. The molecule has 2 amide bonds. The fourth-order valence-electron chi connectivity index (χ4n) is 3.00. The lowest BCUT2D eigenvalue weighted by molar-refractivity contribution is -0.182. The lowest BCUT2D eigenvalue weighted by Gasteiger charge is -2.24. The molecular formula is C24H30N2O5. The molecule has 0 saturated carbocycles. The molecule has 7 heteroatoms. The van der Waals surface area contributed by atoms with Crippen LogP contribution in [-0.2, 0) is 37.2 Å². The predicted octanol–water partition coefficient (Wildman–Crippen LogP) is 3.10. The first-order chi connectivity index (χ1) is 15.0. The van der Waals surface area contributed by atoms with Crippen LogP contribution in [0.1, 0.15) is 31.4 Å². The second-order valence-electron chi connectivity index (χ2n) is 7.65. The van der Waals surface area contributed by atoms with E-state index in [1.54, 1.807) is 0 Å². The molecule has 0 aliphatic rings. The van der Waals surface area contributed by atoms with Gasteiger partial charge in [0.1, 0.15) is 19.8 Å². The summed E-state index contributed by atoms with van der Waals surface area (Å²) in [7, 11) is 0. The van der Waals surface area contributed by atoms with Crippen molar-refractivity contribution < 1.29 is 24.0 Å². The summed E-state index contributed by atoms with van der Waals surface area (Å²) in [5.74, 6) is -1.13. The number of carbonyl (C=O) groups excluding carboxylic acids is 3. The SMILES string of the molecule is CC(C)CC(CN(C=O)OCc1ccccc1)C(=O)NCC(=O)OCc1ccccc1. The number of hydroxylamine groups is 2. The van der Waals surface area contributed by atoms with Crippen molar-refractivity contribution in [3.8, 4) is 0 Å². The van der Waals surface area contributed by atoms with Gasteiger partial charge in [-0.15, -0.1) is 0 Å². The third-order valence-corrected chi connectivity index (χ3v) is 4.53. The second kappa shape index (κ2) is 13.2. The first-order valence-electron chi connectivity index (χ1n) is 10.3. The minimum absolute atomic E-state index is 0.0966. The summed E-state index contributed by atoms with van der Waals surface area (Å²) < 4.78 is 5.18. The van der Waals surface area contributed by atoms with Crippen molar-refractivity contribution in [3.05, 3.63) is 71.8 Å². The van der Waals surface area contributed by atoms with Crippen LogP contribution in [0.15, 0.2) is 60.7 Å². The van der Waals surface area contributed by atoms with Crippen molar-refractivity contribution in [2.45, 2.75) is 33.5 Å². The highest BCUT2D eigenvalue weighted by atomic mass is 16.7. The summed E-state index contributed by atoms with van der Waals surface area (Å²) in [5, 5.41) is 3.75. The Morgan fingerprint density at radius 3 is 2.10 bits per heavy atom. The van der Waals surface area contributed by atoms with E-state index < -0.39 is 11.9 Å². The average molecular weight is 427 g/mol. The van der Waals surface area contributed by atoms with E-state index in [2.05, 4.69) is 5.32 Å². The molecule has 1 N–H and O–H groups in total. The first kappa shape index (κ1) is 24.1. The van der Waals surface area contributed by atoms with Crippen LogP contribution in [0, 0.1) is 11.8 Å². The van der Waals surface area contributed by atoms with Gasteiger partial charge in [-0.3, -0.25) is 19.2 Å². The number of carbonyl (C=O) groups is 3. The van der Waals surface area contributed by atoms with Gasteiger partial charge in [0.15, 0.2) is 0 Å². The molecule has 0 aliphatic carbocycles. The monoisotopic (exact) mass is 426 g/mol. The van der Waals surface area contributed by atoms with Crippen molar-refractivity contribution in [2.24, 2.45) is 11.8 Å². The van der Waals surface area contributed by atoms with Gasteiger partial charge >= 0.3 is 5.97 Å². The average Bonchev–Trinajstić information content (AvgIpc) is 2.79. The standard InChI is InChI=1S/C24H30N2O5/c1-19(2)13-22(15-26(18-27)31-17-21-11-7-4-8-12-21)24(29)25-14-23(28)30-16-20-9-5-3-6-10-20/h3-12,18-19,22H,13-17H2,1-2H3,(H,25,29). The summed E-state index contributed by atoms with van der Waals surface area (Å²) in [4.78, 5) is 41.6. The number of benzene rings is 2. The molecule has 166 valence electrons. The number of ether oxygens (including phenoxy) is 1. The molecule has 0 aliphatic heterocycles. The van der Waals surface area contributed by atoms with Crippen LogP contribution < -0.4 is 5.32 Å². The van der Waals surface area contributed by atoms with E-state index >= 15 is 0 Å². The van der Waals surface area contributed by atoms with Crippen molar-refractivity contribution in [1.82, 2.24) is 10.4 Å². The maximum Gasteiger partial charge on any atom is 0.325 e. The quantitative estimate of drug-likeness (QED) is 0.302. The van der Waals surface area contributed by atoms with Gasteiger partial charge in [-0.25, -0.2) is 5.06 Å². The molecule has 0 fully saturated rings. The van der Waals surface area contributed by atoms with Crippen LogP contribution >= 0.6 is 0 Å². The fraction of sp³-hybridized carbons (Fsp3) is 0.375. The summed E-state index contributed by atoms with van der Waals surface area (Å²) in [5.41, 5.74) is 1.79. The molecule has 0 bridgehead atoms. The van der Waals surface area contributed by atoms with Crippen molar-refractivity contribution in [3.63, 3.8) is 0 Å². The van der Waals surface area contributed by atoms with Crippen LogP contribution in [-0.4, -0.2) is 36.4 Å². The van der Waals surface area contributed by atoms with Crippen molar-refractivity contribution >= 4 is 18.3 Å². The minimum Gasteiger partial charge on any atom is -0.460 e. The van der Waals surface area contributed by atoms with Crippen LogP contribution in [0.25, 0.3) is 0 Å². The lowest BCUT2D eigenvalue weighted by Crippen LogP contribution is -2.41. The Labute approximate surface area is 183 Å². The second-order valence-corrected chi connectivity index (χ2v) is 7.65. The smallest absolute Gasteiger partial charge is 0.325 e. The van der Waals surface area contributed by atoms with Gasteiger partial charge < -0.3 is 10.1 Å². The molecule has 0 radical (unpaired) electrons. The van der Waals surface area contributed by atoms with Crippen LogP contribution in [0.3, 0.4) is 0 Å². The van der Waals surface area contributed by atoms with Crippen LogP contribution in [0.5, 0.6) is 0 Å². The molecule has 31 heavy (non-hydrogen) atoms. The molecule has 2 aromatic rings. The van der Waals surface area contributed by atoms with E-state index in [-0.39, 0.29) is 38.1 Å². The molecule has 0 heterocycles. The molecule has 0 aromatic heterocycles. The molecule has 1 unspecified atom stereocenters. The van der Waals surface area contributed by atoms with Crippen LogP contribution in [0.4, 0.5) is 0 Å². The fourth-order valence-corrected chi connectivity index (χ4v) is 3.00. The van der Waals surface area contributed by atoms with E-state index in [1.165, 1.54) is 0 Å². The number of nitrogens with one attached hydrogen (secondary N) is 1.